The zero-order chi connectivity index (χ0) is 14.5. The first-order chi connectivity index (χ1) is 9.60. The highest BCUT2D eigenvalue weighted by Gasteiger charge is 2.32. The van der Waals surface area contributed by atoms with Crippen LogP contribution in [0.5, 0.6) is 0 Å². The van der Waals surface area contributed by atoms with Gasteiger partial charge in [0.1, 0.15) is 0 Å². The first kappa shape index (κ1) is 15.1. The van der Waals surface area contributed by atoms with Crippen molar-refractivity contribution in [3.63, 3.8) is 0 Å². The summed E-state index contributed by atoms with van der Waals surface area (Å²) in [7, 11) is 1.31. The van der Waals surface area contributed by atoms with Gasteiger partial charge in [0.2, 0.25) is 0 Å². The van der Waals surface area contributed by atoms with E-state index in [1.807, 2.05) is 0 Å². The fourth-order valence-electron chi connectivity index (χ4n) is 3.05. The van der Waals surface area contributed by atoms with E-state index >= 15 is 0 Å². The van der Waals surface area contributed by atoms with Crippen LogP contribution in [0.4, 0.5) is 4.79 Å². The number of fused-ring (bicyclic) bond motifs is 1. The number of rotatable bonds is 5. The Bertz CT molecular complexity index is 364. The van der Waals surface area contributed by atoms with Gasteiger partial charge in [0.25, 0.3) is 0 Å². The zero-order valence-electron chi connectivity index (χ0n) is 11.8. The standard InChI is InChI=1S/C13H23N3O4/c1-20-11(12(17)18)8-14-13(19)15-9-4-6-16-5-2-3-10(16)7-9/h9-11H,2-8H2,1H3,(H,17,18)(H2,14,15,19). The number of nitrogens with one attached hydrogen (secondary N) is 2. The van der Waals surface area contributed by atoms with Crippen LogP contribution >= 0.6 is 0 Å². The summed E-state index contributed by atoms with van der Waals surface area (Å²) < 4.78 is 4.76. The fraction of sp³-hybridized carbons (Fsp3) is 0.846. The molecule has 0 aromatic rings. The van der Waals surface area contributed by atoms with Crippen LogP contribution in [0.2, 0.25) is 0 Å². The van der Waals surface area contributed by atoms with Crippen molar-refractivity contribution in [2.75, 3.05) is 26.7 Å². The van der Waals surface area contributed by atoms with Crippen LogP contribution in [0.3, 0.4) is 0 Å². The largest absolute Gasteiger partial charge is 0.479 e. The Morgan fingerprint density at radius 1 is 1.40 bits per heavy atom. The number of nitrogens with zero attached hydrogens (tertiary/aromatic N) is 1. The SMILES string of the molecule is COC(CNC(=O)NC1CCN2CCCC2C1)C(=O)O. The summed E-state index contributed by atoms with van der Waals surface area (Å²) in [5, 5.41) is 14.3. The molecular weight excluding hydrogens is 262 g/mol. The Labute approximate surface area is 118 Å². The Morgan fingerprint density at radius 2 is 2.20 bits per heavy atom. The van der Waals surface area contributed by atoms with E-state index in [1.165, 1.54) is 26.5 Å². The van der Waals surface area contributed by atoms with Crippen LogP contribution in [-0.4, -0.2) is 66.9 Å². The van der Waals surface area contributed by atoms with E-state index in [4.69, 9.17) is 9.84 Å². The minimum absolute atomic E-state index is 0.0278. The Kier molecular flexibility index (Phi) is 5.19. The lowest BCUT2D eigenvalue weighted by Crippen LogP contribution is -2.51. The maximum Gasteiger partial charge on any atom is 0.334 e. The summed E-state index contributed by atoms with van der Waals surface area (Å²) in [6.45, 7) is 2.18. The summed E-state index contributed by atoms with van der Waals surface area (Å²) in [6, 6.07) is 0.463. The van der Waals surface area contributed by atoms with Gasteiger partial charge < -0.3 is 25.4 Å². The third-order valence-electron chi connectivity index (χ3n) is 4.16. The lowest BCUT2D eigenvalue weighted by molar-refractivity contribution is -0.147. The summed E-state index contributed by atoms with van der Waals surface area (Å²) in [5.74, 6) is -1.08. The molecule has 114 valence electrons. The molecule has 2 fully saturated rings. The van der Waals surface area contributed by atoms with Crippen molar-refractivity contribution in [2.24, 2.45) is 0 Å². The van der Waals surface area contributed by atoms with Crippen LogP contribution in [0.15, 0.2) is 0 Å². The highest BCUT2D eigenvalue weighted by molar-refractivity contribution is 5.77. The van der Waals surface area contributed by atoms with Gasteiger partial charge in [-0.25, -0.2) is 9.59 Å². The molecular formula is C13H23N3O4. The molecule has 0 saturated carbocycles. The molecule has 2 saturated heterocycles. The minimum atomic E-state index is -1.08. The summed E-state index contributed by atoms with van der Waals surface area (Å²) >= 11 is 0. The molecule has 3 N–H and O–H groups in total. The van der Waals surface area contributed by atoms with Crippen molar-refractivity contribution in [1.29, 1.82) is 0 Å². The van der Waals surface area contributed by atoms with Crippen LogP contribution in [0.1, 0.15) is 25.7 Å². The van der Waals surface area contributed by atoms with E-state index in [1.54, 1.807) is 0 Å². The number of ether oxygens (including phenoxy) is 1. The van der Waals surface area contributed by atoms with Gasteiger partial charge in [-0.3, -0.25) is 0 Å². The van der Waals surface area contributed by atoms with Gasteiger partial charge >= 0.3 is 12.0 Å². The summed E-state index contributed by atoms with van der Waals surface area (Å²) in [6.07, 6.45) is 3.40. The van der Waals surface area contributed by atoms with Crippen molar-refractivity contribution in [3.8, 4) is 0 Å². The molecule has 2 aliphatic rings. The molecule has 2 aliphatic heterocycles. The summed E-state index contributed by atoms with van der Waals surface area (Å²) in [4.78, 5) is 25.0. The number of carboxylic acid groups (broad SMARTS) is 1. The number of amides is 2. The minimum Gasteiger partial charge on any atom is -0.479 e. The average molecular weight is 285 g/mol. The number of hydrogen-bond donors (Lipinski definition) is 3. The van der Waals surface area contributed by atoms with Crippen molar-refractivity contribution in [3.05, 3.63) is 0 Å². The Hall–Kier alpha value is -1.34. The molecule has 2 amide bonds. The second-order valence-corrected chi connectivity index (χ2v) is 5.47. The molecule has 0 aromatic carbocycles. The van der Waals surface area contributed by atoms with E-state index < -0.39 is 12.1 Å². The molecule has 7 heteroatoms. The molecule has 20 heavy (non-hydrogen) atoms. The van der Waals surface area contributed by atoms with Gasteiger partial charge in [0.15, 0.2) is 6.10 Å². The van der Waals surface area contributed by atoms with E-state index in [-0.39, 0.29) is 18.6 Å². The van der Waals surface area contributed by atoms with E-state index in [2.05, 4.69) is 15.5 Å². The van der Waals surface area contributed by atoms with Crippen LogP contribution in [0, 0.1) is 0 Å². The van der Waals surface area contributed by atoms with Gasteiger partial charge in [-0.1, -0.05) is 0 Å². The normalized spacial score (nSPS) is 27.6. The van der Waals surface area contributed by atoms with E-state index in [0.717, 1.165) is 19.4 Å². The maximum absolute atomic E-state index is 11.8. The van der Waals surface area contributed by atoms with Crippen molar-refractivity contribution in [1.82, 2.24) is 15.5 Å². The van der Waals surface area contributed by atoms with Gasteiger partial charge in [-0.15, -0.1) is 0 Å². The van der Waals surface area contributed by atoms with Gasteiger partial charge in [-0.05, 0) is 32.2 Å². The molecule has 3 unspecified atom stereocenters. The molecule has 0 bridgehead atoms. The third kappa shape index (κ3) is 3.83. The monoisotopic (exact) mass is 285 g/mol. The Balaban J connectivity index is 1.70. The van der Waals surface area contributed by atoms with Crippen LogP contribution in [0.25, 0.3) is 0 Å². The number of carboxylic acids is 1. The number of carbonyl (C=O) groups excluding carboxylic acids is 1. The first-order valence-corrected chi connectivity index (χ1v) is 7.14. The number of urea groups is 1. The highest BCUT2D eigenvalue weighted by Crippen LogP contribution is 2.26. The number of carbonyl (C=O) groups is 2. The van der Waals surface area contributed by atoms with Crippen molar-refractivity contribution >= 4 is 12.0 Å². The molecule has 2 rings (SSSR count). The zero-order valence-corrected chi connectivity index (χ0v) is 11.8. The van der Waals surface area contributed by atoms with Gasteiger partial charge in [-0.2, -0.15) is 0 Å². The first-order valence-electron chi connectivity index (χ1n) is 7.14. The number of hydrogen-bond acceptors (Lipinski definition) is 4. The lowest BCUT2D eigenvalue weighted by atomic mass is 9.98. The molecule has 0 aliphatic carbocycles. The molecule has 2 heterocycles. The maximum atomic E-state index is 11.8. The van der Waals surface area contributed by atoms with Crippen molar-refractivity contribution < 1.29 is 19.4 Å². The topological polar surface area (TPSA) is 90.9 Å². The Morgan fingerprint density at radius 3 is 2.90 bits per heavy atom. The van der Waals surface area contributed by atoms with Crippen LogP contribution in [-0.2, 0) is 9.53 Å². The third-order valence-corrected chi connectivity index (χ3v) is 4.16. The number of piperidine rings is 1. The smallest absolute Gasteiger partial charge is 0.334 e. The molecule has 7 nitrogen and oxygen atoms in total. The predicted molar refractivity (Wildman–Crippen MR) is 72.6 cm³/mol. The number of methoxy groups -OCH3 is 1. The molecule has 0 aromatic heterocycles. The second kappa shape index (κ2) is 6.90. The highest BCUT2D eigenvalue weighted by atomic mass is 16.5. The predicted octanol–water partition coefficient (Wildman–Crippen LogP) is 0.0120. The summed E-state index contributed by atoms with van der Waals surface area (Å²) in [5.41, 5.74) is 0. The number of aliphatic carboxylic acids is 1. The van der Waals surface area contributed by atoms with E-state index in [0.29, 0.717) is 6.04 Å². The lowest BCUT2D eigenvalue weighted by Gasteiger charge is -2.35. The quantitative estimate of drug-likeness (QED) is 0.662. The average Bonchev–Trinajstić information content (AvgIpc) is 2.86. The molecule has 0 spiro atoms. The molecule has 0 radical (unpaired) electrons. The molecule has 3 atom stereocenters. The van der Waals surface area contributed by atoms with E-state index in [9.17, 15) is 9.59 Å². The fourth-order valence-corrected chi connectivity index (χ4v) is 3.05. The second-order valence-electron chi connectivity index (χ2n) is 5.47. The van der Waals surface area contributed by atoms with Crippen molar-refractivity contribution in [2.45, 2.75) is 43.9 Å². The van der Waals surface area contributed by atoms with Gasteiger partial charge in [0, 0.05) is 25.7 Å². The van der Waals surface area contributed by atoms with Crippen LogP contribution < -0.4 is 10.6 Å². The van der Waals surface area contributed by atoms with Gasteiger partial charge in [0.05, 0.1) is 6.54 Å².